The third-order valence-electron chi connectivity index (χ3n) is 5.02. The lowest BCUT2D eigenvalue weighted by atomic mass is 9.93. The van der Waals surface area contributed by atoms with Crippen LogP contribution >= 0.6 is 0 Å². The summed E-state index contributed by atoms with van der Waals surface area (Å²) >= 11 is 0. The van der Waals surface area contributed by atoms with Gasteiger partial charge in [0.25, 0.3) is 0 Å². The molecule has 4 aromatic rings. The fourth-order valence-corrected chi connectivity index (χ4v) is 3.63. The summed E-state index contributed by atoms with van der Waals surface area (Å²) in [5.74, 6) is 0. The molecule has 0 aliphatic rings. The molecular formula is C26H24N4O3. The number of nitrogens with one attached hydrogen (secondary N) is 1. The maximum absolute atomic E-state index is 12.7. The molecule has 1 N–H and O–H groups in total. The second kappa shape index (κ2) is 9.13. The number of carbonyl (C=O) groups excluding carboxylic acids is 1. The summed E-state index contributed by atoms with van der Waals surface area (Å²) in [6.07, 6.45) is 1.68. The number of aromatic nitrogens is 2. The molecule has 2 aromatic carbocycles. The van der Waals surface area contributed by atoms with E-state index in [1.165, 1.54) is 0 Å². The molecular weight excluding hydrogens is 416 g/mol. The van der Waals surface area contributed by atoms with Gasteiger partial charge in [0.2, 0.25) is 0 Å². The molecule has 0 unspecified atom stereocenters. The zero-order chi connectivity index (χ0) is 23.4. The lowest BCUT2D eigenvalue weighted by molar-refractivity contribution is 0.0503. The highest BCUT2D eigenvalue weighted by atomic mass is 16.6. The second-order valence-corrected chi connectivity index (χ2v) is 8.67. The minimum absolute atomic E-state index is 0.420. The molecule has 0 aliphatic heterocycles. The van der Waals surface area contributed by atoms with Crippen molar-refractivity contribution in [2.24, 2.45) is 0 Å². The lowest BCUT2D eigenvalue weighted by Gasteiger charge is -2.25. The summed E-state index contributed by atoms with van der Waals surface area (Å²) in [6, 6.07) is 20.3. The fraction of sp³-hybridized carbons (Fsp3) is 0.231. The Kier molecular flexibility index (Phi) is 6.09. The van der Waals surface area contributed by atoms with Gasteiger partial charge in [0.05, 0.1) is 17.7 Å². The van der Waals surface area contributed by atoms with Crippen LogP contribution < -0.4 is 5.32 Å². The van der Waals surface area contributed by atoms with E-state index in [0.29, 0.717) is 23.3 Å². The smallest absolute Gasteiger partial charge is 0.408 e. The first-order valence-electron chi connectivity index (χ1n) is 10.6. The zero-order valence-corrected chi connectivity index (χ0v) is 18.7. The number of nitrogens with zero attached hydrogens (tertiary/aromatic N) is 3. The van der Waals surface area contributed by atoms with Gasteiger partial charge in [-0.25, -0.2) is 4.79 Å². The van der Waals surface area contributed by atoms with E-state index in [1.54, 1.807) is 18.3 Å². The highest BCUT2D eigenvalue weighted by molar-refractivity contribution is 5.93. The van der Waals surface area contributed by atoms with Gasteiger partial charge in [-0.15, -0.1) is 0 Å². The number of amides is 1. The highest BCUT2D eigenvalue weighted by Gasteiger charge is 2.25. The number of alkyl carbamates (subject to hydrolysis) is 1. The molecule has 0 radical (unpaired) electrons. The van der Waals surface area contributed by atoms with E-state index in [4.69, 9.17) is 9.26 Å². The van der Waals surface area contributed by atoms with Crippen molar-refractivity contribution in [2.45, 2.75) is 38.8 Å². The molecule has 0 fully saturated rings. The number of nitriles is 1. The molecule has 7 nitrogen and oxygen atoms in total. The first-order valence-corrected chi connectivity index (χ1v) is 10.6. The Labute approximate surface area is 192 Å². The van der Waals surface area contributed by atoms with E-state index in [0.717, 1.165) is 22.2 Å². The zero-order valence-electron chi connectivity index (χ0n) is 18.7. The summed E-state index contributed by atoms with van der Waals surface area (Å²) in [5, 5.41) is 17.2. The van der Waals surface area contributed by atoms with Crippen molar-refractivity contribution in [1.29, 1.82) is 5.26 Å². The Morgan fingerprint density at radius 3 is 2.67 bits per heavy atom. The predicted octanol–water partition coefficient (Wildman–Crippen LogP) is 5.57. The van der Waals surface area contributed by atoms with Gasteiger partial charge in [0.15, 0.2) is 5.58 Å². The Balaban J connectivity index is 1.76. The predicted molar refractivity (Wildman–Crippen MR) is 124 cm³/mol. The van der Waals surface area contributed by atoms with Gasteiger partial charge < -0.3 is 14.6 Å². The van der Waals surface area contributed by atoms with E-state index in [9.17, 15) is 10.1 Å². The molecule has 0 bridgehead atoms. The first-order chi connectivity index (χ1) is 15.8. The topological polar surface area (TPSA) is 101 Å². The van der Waals surface area contributed by atoms with Gasteiger partial charge in [-0.05, 0) is 50.6 Å². The van der Waals surface area contributed by atoms with E-state index < -0.39 is 17.7 Å². The largest absolute Gasteiger partial charge is 0.444 e. The molecule has 33 heavy (non-hydrogen) atoms. The summed E-state index contributed by atoms with van der Waals surface area (Å²) in [5.41, 5.74) is 3.55. The Morgan fingerprint density at radius 1 is 1.15 bits per heavy atom. The average Bonchev–Trinajstić information content (AvgIpc) is 3.21. The highest BCUT2D eigenvalue weighted by Crippen LogP contribution is 2.34. The van der Waals surface area contributed by atoms with E-state index in [1.807, 2.05) is 69.3 Å². The number of pyridine rings is 1. The summed E-state index contributed by atoms with van der Waals surface area (Å²) in [7, 11) is 0. The summed E-state index contributed by atoms with van der Waals surface area (Å²) in [4.78, 5) is 17.1. The van der Waals surface area contributed by atoms with Gasteiger partial charge in [-0.2, -0.15) is 5.26 Å². The molecule has 0 aliphatic carbocycles. The molecule has 1 atom stereocenters. The molecule has 0 spiro atoms. The van der Waals surface area contributed by atoms with E-state index >= 15 is 0 Å². The fourth-order valence-electron chi connectivity index (χ4n) is 3.63. The maximum atomic E-state index is 12.7. The van der Waals surface area contributed by atoms with Crippen molar-refractivity contribution >= 4 is 17.1 Å². The number of benzene rings is 2. The van der Waals surface area contributed by atoms with Crippen LogP contribution in [0.4, 0.5) is 4.79 Å². The number of ether oxygens (including phenoxy) is 1. The summed E-state index contributed by atoms with van der Waals surface area (Å²) < 4.78 is 11.0. The minimum atomic E-state index is -0.625. The van der Waals surface area contributed by atoms with Gasteiger partial charge >= 0.3 is 6.09 Å². The van der Waals surface area contributed by atoms with Crippen LogP contribution in [0.5, 0.6) is 0 Å². The Morgan fingerprint density at radius 2 is 1.94 bits per heavy atom. The van der Waals surface area contributed by atoms with Gasteiger partial charge in [0.1, 0.15) is 11.3 Å². The maximum Gasteiger partial charge on any atom is 0.408 e. The molecule has 0 saturated heterocycles. The quantitative estimate of drug-likeness (QED) is 0.435. The third kappa shape index (κ3) is 5.18. The number of carbonyl (C=O) groups is 1. The monoisotopic (exact) mass is 440 g/mol. The number of rotatable bonds is 5. The molecule has 4 rings (SSSR count). The van der Waals surface area contributed by atoms with Crippen LogP contribution in [-0.4, -0.2) is 21.8 Å². The molecule has 1 amide bonds. The number of fused-ring (bicyclic) bond motifs is 1. The molecule has 2 aromatic heterocycles. The van der Waals surface area contributed by atoms with Crippen molar-refractivity contribution in [3.05, 3.63) is 83.7 Å². The average molecular weight is 441 g/mol. The SMILES string of the molecule is CC(C)(C)OC(=O)N[C@@H](Cc1ccccn1)c1ccccc1-c1noc2cc(C#N)ccc12. The van der Waals surface area contributed by atoms with Crippen LogP contribution in [0.3, 0.4) is 0 Å². The van der Waals surface area contributed by atoms with Gasteiger partial charge in [0, 0.05) is 35.3 Å². The first kappa shape index (κ1) is 22.0. The minimum Gasteiger partial charge on any atom is -0.444 e. The van der Waals surface area contributed by atoms with Crippen LogP contribution in [0.15, 0.2) is 71.4 Å². The van der Waals surface area contributed by atoms with Crippen LogP contribution in [0.1, 0.15) is 43.6 Å². The lowest BCUT2D eigenvalue weighted by Crippen LogP contribution is -2.36. The van der Waals surface area contributed by atoms with Crippen molar-refractivity contribution < 1.29 is 14.1 Å². The Hall–Kier alpha value is -4.18. The standard InChI is InChI=1S/C26H24N4O3/c1-26(2,3)32-25(31)29-22(15-18-8-6-7-13-28-18)19-9-4-5-10-20(19)24-21-12-11-17(16-27)14-23(21)33-30-24/h4-14,22H,15H2,1-3H3,(H,29,31)/t22-/m0/s1. The molecule has 0 saturated carbocycles. The molecule has 166 valence electrons. The third-order valence-corrected chi connectivity index (χ3v) is 5.02. The summed E-state index contributed by atoms with van der Waals surface area (Å²) in [6.45, 7) is 5.47. The van der Waals surface area contributed by atoms with Crippen molar-refractivity contribution in [1.82, 2.24) is 15.5 Å². The van der Waals surface area contributed by atoms with Crippen LogP contribution in [-0.2, 0) is 11.2 Å². The van der Waals surface area contributed by atoms with Crippen LogP contribution in [0.25, 0.3) is 22.2 Å². The van der Waals surface area contributed by atoms with E-state index in [-0.39, 0.29) is 0 Å². The van der Waals surface area contributed by atoms with Crippen molar-refractivity contribution in [3.63, 3.8) is 0 Å². The normalized spacial score (nSPS) is 12.2. The van der Waals surface area contributed by atoms with Crippen molar-refractivity contribution in [2.75, 3.05) is 0 Å². The molecule has 2 heterocycles. The number of hydrogen-bond acceptors (Lipinski definition) is 6. The van der Waals surface area contributed by atoms with Crippen LogP contribution in [0.2, 0.25) is 0 Å². The van der Waals surface area contributed by atoms with Crippen LogP contribution in [0, 0.1) is 11.3 Å². The second-order valence-electron chi connectivity index (χ2n) is 8.67. The van der Waals surface area contributed by atoms with Gasteiger partial charge in [-0.1, -0.05) is 35.5 Å². The molecule has 7 heteroatoms. The Bertz CT molecular complexity index is 1320. The number of hydrogen-bond donors (Lipinski definition) is 1. The van der Waals surface area contributed by atoms with Crippen molar-refractivity contribution in [3.8, 4) is 17.3 Å². The van der Waals surface area contributed by atoms with E-state index in [2.05, 4.69) is 21.5 Å². The van der Waals surface area contributed by atoms with Gasteiger partial charge in [-0.3, -0.25) is 4.98 Å².